The Morgan fingerprint density at radius 1 is 1.42 bits per heavy atom. The number of carbonyl (C=O) groups is 1. The van der Waals surface area contributed by atoms with Crippen molar-refractivity contribution in [1.82, 2.24) is 0 Å². The molecule has 0 amide bonds. The third-order valence-electron chi connectivity index (χ3n) is 3.45. The maximum absolute atomic E-state index is 11.4. The Morgan fingerprint density at radius 2 is 2.16 bits per heavy atom. The summed E-state index contributed by atoms with van der Waals surface area (Å²) in [5.74, 6) is -1.19. The lowest BCUT2D eigenvalue weighted by Gasteiger charge is -2.23. The number of carbonyl (C=O) groups excluding carboxylic acids is 1. The standard InChI is InChI=1S/C13H22O6/c1-4-16-10(14)5-8-6-17-12(11(8)15)9-7-18-13(2,3)19-9/h8-9,11-12,15H,4-7H2,1-3H3. The molecule has 2 aliphatic rings. The lowest BCUT2D eigenvalue weighted by Crippen LogP contribution is -2.39. The zero-order valence-corrected chi connectivity index (χ0v) is 11.6. The van der Waals surface area contributed by atoms with Crippen molar-refractivity contribution in [2.75, 3.05) is 19.8 Å². The quantitative estimate of drug-likeness (QED) is 0.751. The third kappa shape index (κ3) is 3.45. The third-order valence-corrected chi connectivity index (χ3v) is 3.45. The van der Waals surface area contributed by atoms with Gasteiger partial charge in [0, 0.05) is 5.92 Å². The molecule has 6 heteroatoms. The highest BCUT2D eigenvalue weighted by molar-refractivity contribution is 5.69. The van der Waals surface area contributed by atoms with Crippen LogP contribution in [0.3, 0.4) is 0 Å². The second-order valence-corrected chi connectivity index (χ2v) is 5.42. The molecule has 2 heterocycles. The fourth-order valence-electron chi connectivity index (χ4n) is 2.52. The summed E-state index contributed by atoms with van der Waals surface area (Å²) in [4.78, 5) is 11.4. The van der Waals surface area contributed by atoms with E-state index in [4.69, 9.17) is 18.9 Å². The minimum Gasteiger partial charge on any atom is -0.466 e. The fourth-order valence-corrected chi connectivity index (χ4v) is 2.52. The molecule has 1 N–H and O–H groups in total. The van der Waals surface area contributed by atoms with Gasteiger partial charge in [-0.1, -0.05) is 0 Å². The van der Waals surface area contributed by atoms with E-state index in [1.54, 1.807) is 6.92 Å². The summed E-state index contributed by atoms with van der Waals surface area (Å²) >= 11 is 0. The maximum Gasteiger partial charge on any atom is 0.306 e. The van der Waals surface area contributed by atoms with Gasteiger partial charge in [-0.05, 0) is 20.8 Å². The van der Waals surface area contributed by atoms with E-state index >= 15 is 0 Å². The lowest BCUT2D eigenvalue weighted by atomic mass is 9.96. The first-order chi connectivity index (χ1) is 8.93. The summed E-state index contributed by atoms with van der Waals surface area (Å²) in [6.45, 7) is 6.48. The summed E-state index contributed by atoms with van der Waals surface area (Å²) in [5, 5.41) is 10.2. The van der Waals surface area contributed by atoms with Crippen LogP contribution in [0.25, 0.3) is 0 Å². The average molecular weight is 274 g/mol. The first-order valence-corrected chi connectivity index (χ1v) is 6.70. The van der Waals surface area contributed by atoms with Gasteiger partial charge in [0.1, 0.15) is 12.2 Å². The Kier molecular flexibility index (Phi) is 4.45. The highest BCUT2D eigenvalue weighted by atomic mass is 16.8. The highest BCUT2D eigenvalue weighted by Crippen LogP contribution is 2.32. The zero-order chi connectivity index (χ0) is 14.0. The van der Waals surface area contributed by atoms with E-state index < -0.39 is 18.0 Å². The van der Waals surface area contributed by atoms with Crippen LogP contribution in [0.5, 0.6) is 0 Å². The molecule has 4 atom stereocenters. The summed E-state index contributed by atoms with van der Waals surface area (Å²) in [5.41, 5.74) is 0. The van der Waals surface area contributed by atoms with Gasteiger partial charge in [-0.2, -0.15) is 0 Å². The number of aliphatic hydroxyl groups excluding tert-OH is 1. The molecule has 4 unspecified atom stereocenters. The average Bonchev–Trinajstić information content (AvgIpc) is 2.84. The van der Waals surface area contributed by atoms with Crippen LogP contribution in [0.4, 0.5) is 0 Å². The minimum absolute atomic E-state index is 0.169. The second-order valence-electron chi connectivity index (χ2n) is 5.42. The van der Waals surface area contributed by atoms with Crippen LogP contribution in [0, 0.1) is 5.92 Å². The summed E-state index contributed by atoms with van der Waals surface area (Å²) in [6, 6.07) is 0. The van der Waals surface area contributed by atoms with Gasteiger partial charge in [0.2, 0.25) is 0 Å². The van der Waals surface area contributed by atoms with Gasteiger partial charge in [-0.3, -0.25) is 4.79 Å². The first kappa shape index (κ1) is 14.7. The molecule has 0 aliphatic carbocycles. The topological polar surface area (TPSA) is 74.2 Å². The van der Waals surface area contributed by atoms with Gasteiger partial charge >= 0.3 is 5.97 Å². The van der Waals surface area contributed by atoms with Gasteiger partial charge in [0.25, 0.3) is 0 Å². The Hall–Kier alpha value is -0.690. The molecule has 19 heavy (non-hydrogen) atoms. The van der Waals surface area contributed by atoms with Gasteiger partial charge in [-0.25, -0.2) is 0 Å². The molecule has 2 fully saturated rings. The number of aliphatic hydroxyl groups is 1. The van der Waals surface area contributed by atoms with Crippen molar-refractivity contribution in [2.45, 2.75) is 51.3 Å². The monoisotopic (exact) mass is 274 g/mol. The first-order valence-electron chi connectivity index (χ1n) is 6.70. The second kappa shape index (κ2) is 5.75. The highest BCUT2D eigenvalue weighted by Gasteiger charge is 2.47. The molecule has 6 nitrogen and oxygen atoms in total. The molecular weight excluding hydrogens is 252 g/mol. The largest absolute Gasteiger partial charge is 0.466 e. The maximum atomic E-state index is 11.4. The Bertz CT molecular complexity index is 329. The summed E-state index contributed by atoms with van der Waals surface area (Å²) in [6.07, 6.45) is -1.30. The van der Waals surface area contributed by atoms with Crippen molar-refractivity contribution < 1.29 is 28.8 Å². The van der Waals surface area contributed by atoms with Crippen molar-refractivity contribution >= 4 is 5.97 Å². The van der Waals surface area contributed by atoms with Crippen molar-refractivity contribution in [2.24, 2.45) is 5.92 Å². The summed E-state index contributed by atoms with van der Waals surface area (Å²) in [7, 11) is 0. The van der Waals surface area contributed by atoms with E-state index in [2.05, 4.69) is 0 Å². The fraction of sp³-hybridized carbons (Fsp3) is 0.923. The molecule has 0 saturated carbocycles. The Morgan fingerprint density at radius 3 is 2.74 bits per heavy atom. The molecule has 0 spiro atoms. The van der Waals surface area contributed by atoms with E-state index in [0.717, 1.165) is 0 Å². The smallest absolute Gasteiger partial charge is 0.306 e. The van der Waals surface area contributed by atoms with Gasteiger partial charge < -0.3 is 24.1 Å². The van der Waals surface area contributed by atoms with E-state index in [-0.39, 0.29) is 24.4 Å². The predicted molar refractivity (Wildman–Crippen MR) is 65.4 cm³/mol. The van der Waals surface area contributed by atoms with Gasteiger partial charge in [0.15, 0.2) is 5.79 Å². The van der Waals surface area contributed by atoms with Crippen molar-refractivity contribution in [3.05, 3.63) is 0 Å². The van der Waals surface area contributed by atoms with Crippen LogP contribution < -0.4 is 0 Å². The van der Waals surface area contributed by atoms with Crippen molar-refractivity contribution in [3.63, 3.8) is 0 Å². The molecule has 0 aromatic carbocycles. The molecule has 110 valence electrons. The number of hydrogen-bond acceptors (Lipinski definition) is 6. The van der Waals surface area contributed by atoms with Crippen LogP contribution >= 0.6 is 0 Å². The number of rotatable bonds is 4. The molecular formula is C13H22O6. The molecule has 2 saturated heterocycles. The molecule has 2 aliphatic heterocycles. The molecule has 0 bridgehead atoms. The van der Waals surface area contributed by atoms with Crippen LogP contribution in [0.1, 0.15) is 27.2 Å². The Balaban J connectivity index is 1.87. The van der Waals surface area contributed by atoms with Gasteiger partial charge in [-0.15, -0.1) is 0 Å². The van der Waals surface area contributed by atoms with E-state index in [0.29, 0.717) is 19.8 Å². The zero-order valence-electron chi connectivity index (χ0n) is 11.6. The molecule has 2 rings (SSSR count). The normalized spacial score (nSPS) is 37.5. The van der Waals surface area contributed by atoms with Crippen LogP contribution in [-0.2, 0) is 23.7 Å². The number of ether oxygens (including phenoxy) is 4. The van der Waals surface area contributed by atoms with Crippen LogP contribution in [0.2, 0.25) is 0 Å². The van der Waals surface area contributed by atoms with Gasteiger partial charge in [0.05, 0.1) is 32.3 Å². The van der Waals surface area contributed by atoms with Crippen LogP contribution in [-0.4, -0.2) is 55.0 Å². The van der Waals surface area contributed by atoms with E-state index in [1.165, 1.54) is 0 Å². The molecule has 0 aromatic rings. The minimum atomic E-state index is -0.730. The molecule has 0 aromatic heterocycles. The molecule has 0 radical (unpaired) electrons. The van der Waals surface area contributed by atoms with Crippen molar-refractivity contribution in [3.8, 4) is 0 Å². The Labute approximate surface area is 113 Å². The SMILES string of the molecule is CCOC(=O)CC1COC(C2COC(C)(C)O2)C1O. The number of hydrogen-bond donors (Lipinski definition) is 1. The van der Waals surface area contributed by atoms with E-state index in [9.17, 15) is 9.90 Å². The number of esters is 1. The summed E-state index contributed by atoms with van der Waals surface area (Å²) < 4.78 is 21.6. The lowest BCUT2D eigenvalue weighted by molar-refractivity contribution is -0.158. The van der Waals surface area contributed by atoms with Crippen molar-refractivity contribution in [1.29, 1.82) is 0 Å². The van der Waals surface area contributed by atoms with Crippen LogP contribution in [0.15, 0.2) is 0 Å². The predicted octanol–water partition coefficient (Wildman–Crippen LogP) is 0.467. The van der Waals surface area contributed by atoms with E-state index in [1.807, 2.05) is 13.8 Å².